The van der Waals surface area contributed by atoms with Crippen molar-refractivity contribution >= 4 is 63.3 Å². The number of aliphatic hydroxyl groups excluding tert-OH is 1. The molecule has 15 heteroatoms. The number of amides is 1. The summed E-state index contributed by atoms with van der Waals surface area (Å²) in [6, 6.07) is 14.2. The Morgan fingerprint density at radius 2 is 1.32 bits per heavy atom. The van der Waals surface area contributed by atoms with Crippen molar-refractivity contribution in [1.82, 2.24) is 0 Å². The van der Waals surface area contributed by atoms with Crippen LogP contribution in [0, 0.1) is 20.8 Å². The molecular weight excluding hydrogens is 653 g/mol. The van der Waals surface area contributed by atoms with Crippen LogP contribution >= 0.6 is 0 Å². The third-order valence-corrected chi connectivity index (χ3v) is 7.28. The van der Waals surface area contributed by atoms with Crippen LogP contribution in [0.15, 0.2) is 117 Å². The Balaban J connectivity index is 0.00000562. The maximum Gasteiger partial charge on any atom is 1.00 e. The Hall–Kier alpha value is -5.96. The molecule has 5 N–H and O–H groups in total. The van der Waals surface area contributed by atoms with Crippen LogP contribution in [-0.2, 0) is 19.2 Å². The van der Waals surface area contributed by atoms with E-state index in [-0.39, 0.29) is 69.7 Å². The number of nitrogens with zero attached hydrogens (tertiary/aromatic N) is 4. The van der Waals surface area contributed by atoms with E-state index < -0.39 is 17.7 Å². The number of carbonyl (C=O) groups is 4. The van der Waals surface area contributed by atoms with Gasteiger partial charge in [0.25, 0.3) is 0 Å². The Morgan fingerprint density at radius 1 is 0.700 bits per heavy atom. The van der Waals surface area contributed by atoms with Crippen molar-refractivity contribution < 1.29 is 64.1 Å². The molecule has 1 amide bonds. The van der Waals surface area contributed by atoms with Crippen LogP contribution < -0.4 is 50.8 Å². The number of hydrogen-bond donors (Lipinski definition) is 5. The molecule has 0 heterocycles. The zero-order valence-corrected chi connectivity index (χ0v) is 29.3. The quantitative estimate of drug-likeness (QED) is 0.0587. The number of benzene rings is 3. The standard InChI is InChI=1S/C35H29N7O7.Na/c1-18-12-21(4-8-25(18)37-39-27-10-6-23(43)15-32(27)45)22-5-9-26(19(2)13-22)38-42-31-14-20(3)29(17-30(31)36-34(47)35(48)49)41-40-28-11-7-24(44)16-33(28)46;/h4-17,37,41,43,46H,1-3H3,(H,36,47)(H,48,49);/q;+1/p-1. The van der Waals surface area contributed by atoms with Gasteiger partial charge in [0.15, 0.2) is 5.78 Å². The van der Waals surface area contributed by atoms with E-state index in [9.17, 15) is 29.4 Å². The maximum absolute atomic E-state index is 12.1. The number of aliphatic carboxylic acids is 1. The first-order chi connectivity index (χ1) is 23.4. The Labute approximate surface area is 307 Å². The van der Waals surface area contributed by atoms with E-state index in [0.29, 0.717) is 22.6 Å². The molecule has 0 fully saturated rings. The molecule has 0 unspecified atom stereocenters. The van der Waals surface area contributed by atoms with Crippen molar-refractivity contribution in [2.75, 3.05) is 16.2 Å². The third kappa shape index (κ3) is 8.93. The van der Waals surface area contributed by atoms with Gasteiger partial charge in [0.05, 0.1) is 22.7 Å². The topological polar surface area (TPSA) is 217 Å². The summed E-state index contributed by atoms with van der Waals surface area (Å²) in [6.07, 6.45) is 7.21. The molecule has 0 saturated heterocycles. The number of ketones is 2. The summed E-state index contributed by atoms with van der Waals surface area (Å²) in [5, 5.41) is 49.7. The molecule has 246 valence electrons. The predicted molar refractivity (Wildman–Crippen MR) is 182 cm³/mol. The van der Waals surface area contributed by atoms with Crippen molar-refractivity contribution in [1.29, 1.82) is 0 Å². The number of hydrazone groups is 2. The smallest absolute Gasteiger partial charge is 0.872 e. The first kappa shape index (κ1) is 36.9. The molecule has 0 spiro atoms. The van der Waals surface area contributed by atoms with Gasteiger partial charge in [-0.25, -0.2) is 4.79 Å². The molecule has 5 rings (SSSR count). The van der Waals surface area contributed by atoms with Crippen molar-refractivity contribution in [2.45, 2.75) is 20.8 Å². The number of aliphatic hydroxyl groups is 1. The number of azo groups is 1. The molecule has 0 bridgehead atoms. The average Bonchev–Trinajstić information content (AvgIpc) is 3.05. The molecule has 0 saturated carbocycles. The van der Waals surface area contributed by atoms with Gasteiger partial charge in [0.2, 0.25) is 5.78 Å². The first-order valence-corrected chi connectivity index (χ1v) is 14.6. The number of allylic oxidation sites excluding steroid dienone is 6. The fourth-order valence-corrected chi connectivity index (χ4v) is 4.62. The second-order valence-corrected chi connectivity index (χ2v) is 10.9. The summed E-state index contributed by atoms with van der Waals surface area (Å²) >= 11 is 0. The van der Waals surface area contributed by atoms with Crippen LogP contribution in [0.25, 0.3) is 11.1 Å². The van der Waals surface area contributed by atoms with E-state index in [0.717, 1.165) is 34.4 Å². The zero-order chi connectivity index (χ0) is 35.2. The molecule has 0 aromatic heterocycles. The molecule has 2 aliphatic rings. The van der Waals surface area contributed by atoms with Gasteiger partial charge in [-0.05, 0) is 109 Å². The van der Waals surface area contributed by atoms with Crippen LogP contribution in [0.3, 0.4) is 0 Å². The molecule has 0 radical (unpaired) electrons. The zero-order valence-electron chi connectivity index (χ0n) is 27.3. The molecule has 3 aromatic carbocycles. The van der Waals surface area contributed by atoms with Gasteiger partial charge in [-0.15, -0.1) is 10.9 Å². The minimum absolute atomic E-state index is 0. The van der Waals surface area contributed by atoms with Gasteiger partial charge < -0.3 is 20.6 Å². The molecule has 50 heavy (non-hydrogen) atoms. The van der Waals surface area contributed by atoms with E-state index in [1.807, 2.05) is 44.2 Å². The van der Waals surface area contributed by atoms with Crippen LogP contribution in [0.4, 0.5) is 28.4 Å². The predicted octanol–water partition coefficient (Wildman–Crippen LogP) is 2.22. The number of anilines is 3. The number of rotatable bonds is 8. The van der Waals surface area contributed by atoms with Gasteiger partial charge in [-0.1, -0.05) is 18.2 Å². The number of carboxylic acid groups (broad SMARTS) is 1. The molecule has 3 aromatic rings. The summed E-state index contributed by atoms with van der Waals surface area (Å²) in [5.41, 5.74) is 11.7. The third-order valence-electron chi connectivity index (χ3n) is 7.28. The minimum atomic E-state index is -1.70. The van der Waals surface area contributed by atoms with Crippen LogP contribution in [0.2, 0.25) is 0 Å². The summed E-state index contributed by atoms with van der Waals surface area (Å²) in [6.45, 7) is 5.47. The van der Waals surface area contributed by atoms with Gasteiger partial charge >= 0.3 is 41.4 Å². The minimum Gasteiger partial charge on any atom is -0.872 e. The van der Waals surface area contributed by atoms with E-state index in [1.165, 1.54) is 30.4 Å². The first-order valence-electron chi connectivity index (χ1n) is 14.6. The molecule has 14 nitrogen and oxygen atoms in total. The normalized spacial score (nSPS) is 15.5. The van der Waals surface area contributed by atoms with Crippen LogP contribution in [-0.4, -0.2) is 45.1 Å². The molecular formula is C35H28N7NaO7. The average molecular weight is 682 g/mol. The van der Waals surface area contributed by atoms with E-state index in [2.05, 4.69) is 36.6 Å². The van der Waals surface area contributed by atoms with Crippen molar-refractivity contribution in [3.8, 4) is 11.1 Å². The fourth-order valence-electron chi connectivity index (χ4n) is 4.62. The fraction of sp³-hybridized carbons (Fsp3) is 0.0857. The van der Waals surface area contributed by atoms with Gasteiger partial charge in [-0.3, -0.25) is 25.2 Å². The Kier molecular flexibility index (Phi) is 11.8. The van der Waals surface area contributed by atoms with E-state index >= 15 is 0 Å². The van der Waals surface area contributed by atoms with Gasteiger partial charge in [0, 0.05) is 6.08 Å². The second kappa shape index (κ2) is 16.0. The molecule has 2 aliphatic carbocycles. The maximum atomic E-state index is 12.1. The van der Waals surface area contributed by atoms with Gasteiger partial charge in [-0.2, -0.15) is 15.3 Å². The number of aryl methyl sites for hydroxylation is 3. The molecule has 0 aliphatic heterocycles. The second-order valence-electron chi connectivity index (χ2n) is 10.9. The summed E-state index contributed by atoms with van der Waals surface area (Å²) in [4.78, 5) is 46.7. The molecule has 0 atom stereocenters. The monoisotopic (exact) mass is 681 g/mol. The number of hydrogen-bond acceptors (Lipinski definition) is 12. The van der Waals surface area contributed by atoms with E-state index in [4.69, 9.17) is 5.11 Å². The summed E-state index contributed by atoms with van der Waals surface area (Å²) in [5.74, 6) is -4.54. The Bertz CT molecular complexity index is 2150. The summed E-state index contributed by atoms with van der Waals surface area (Å²) < 4.78 is 0. The Morgan fingerprint density at radius 3 is 1.98 bits per heavy atom. The number of carbonyl (C=O) groups excluding carboxylic acids is 3. The van der Waals surface area contributed by atoms with Crippen LogP contribution in [0.1, 0.15) is 16.7 Å². The van der Waals surface area contributed by atoms with E-state index in [1.54, 1.807) is 19.1 Å². The largest absolute Gasteiger partial charge is 1.00 e. The SMILES string of the molecule is Cc1cc(-c2ccc(NN=C3C=CC([O-])=CC3=O)c(C)c2)ccc1N=Nc1cc(C)c(NN=C2C=CC(=O)C=C2O)cc1NC(=O)C(=O)O.[Na+]. The van der Waals surface area contributed by atoms with Gasteiger partial charge in [0.1, 0.15) is 22.9 Å². The van der Waals surface area contributed by atoms with Crippen LogP contribution in [0.5, 0.6) is 0 Å². The van der Waals surface area contributed by atoms with Crippen molar-refractivity contribution in [2.24, 2.45) is 20.4 Å². The summed E-state index contributed by atoms with van der Waals surface area (Å²) in [7, 11) is 0. The number of carboxylic acids is 1. The van der Waals surface area contributed by atoms with Crippen molar-refractivity contribution in [3.05, 3.63) is 113 Å². The van der Waals surface area contributed by atoms with Crippen molar-refractivity contribution in [3.63, 3.8) is 0 Å². The number of nitrogens with one attached hydrogen (secondary N) is 3.